The molecule has 84 valence electrons. The molecule has 2 rings (SSSR count). The van der Waals surface area contributed by atoms with Gasteiger partial charge in [-0.05, 0) is 22.0 Å². The Balaban J connectivity index is 2.72. The number of rotatable bonds is 2. The lowest BCUT2D eigenvalue weighted by Gasteiger charge is -2.21. The predicted octanol–water partition coefficient (Wildman–Crippen LogP) is 1.73. The third-order valence-corrected chi connectivity index (χ3v) is 2.76. The number of halogens is 1. The molecule has 1 heterocycles. The van der Waals surface area contributed by atoms with Crippen molar-refractivity contribution in [2.75, 3.05) is 13.2 Å². The molecule has 0 saturated heterocycles. The number of hydrogen-bond donors (Lipinski definition) is 1. The van der Waals surface area contributed by atoms with E-state index in [1.54, 1.807) is 0 Å². The van der Waals surface area contributed by atoms with Crippen LogP contribution in [0.2, 0.25) is 0 Å². The molecule has 6 heteroatoms. The molecule has 0 atom stereocenters. The van der Waals surface area contributed by atoms with Gasteiger partial charge >= 0.3 is 5.97 Å². The summed E-state index contributed by atoms with van der Waals surface area (Å²) >= 11 is 3.09. The van der Waals surface area contributed by atoms with Gasteiger partial charge in [-0.2, -0.15) is 0 Å². The van der Waals surface area contributed by atoms with Crippen LogP contribution in [-0.4, -0.2) is 30.6 Å². The van der Waals surface area contributed by atoms with Crippen LogP contribution in [0.25, 0.3) is 0 Å². The molecule has 0 spiro atoms. The van der Waals surface area contributed by atoms with E-state index in [0.717, 1.165) is 0 Å². The summed E-state index contributed by atoms with van der Waals surface area (Å²) in [7, 11) is 0. The second-order valence-electron chi connectivity index (χ2n) is 3.10. The predicted molar refractivity (Wildman–Crippen MR) is 57.5 cm³/mol. The van der Waals surface area contributed by atoms with E-state index in [4.69, 9.17) is 14.6 Å². The van der Waals surface area contributed by atoms with E-state index in [1.807, 2.05) is 0 Å². The minimum absolute atomic E-state index is 0.0275. The lowest BCUT2D eigenvalue weighted by Crippen LogP contribution is -2.19. The average molecular weight is 287 g/mol. The zero-order chi connectivity index (χ0) is 11.7. The summed E-state index contributed by atoms with van der Waals surface area (Å²) < 4.78 is 10.8. The molecule has 0 aromatic heterocycles. The van der Waals surface area contributed by atoms with E-state index in [-0.39, 0.29) is 29.2 Å². The van der Waals surface area contributed by atoms with Crippen molar-refractivity contribution < 1.29 is 24.2 Å². The Kier molecular flexibility index (Phi) is 2.82. The van der Waals surface area contributed by atoms with Crippen molar-refractivity contribution in [2.45, 2.75) is 0 Å². The number of hydrogen-bond acceptors (Lipinski definition) is 4. The summed E-state index contributed by atoms with van der Waals surface area (Å²) in [6.07, 6.45) is 0.601. The van der Waals surface area contributed by atoms with Crippen LogP contribution in [0.5, 0.6) is 11.5 Å². The van der Waals surface area contributed by atoms with Gasteiger partial charge in [0.15, 0.2) is 17.8 Å². The topological polar surface area (TPSA) is 72.8 Å². The van der Waals surface area contributed by atoms with Crippen LogP contribution in [0.1, 0.15) is 20.7 Å². The molecular weight excluding hydrogens is 280 g/mol. The summed E-state index contributed by atoms with van der Waals surface area (Å²) in [6, 6.07) is 1.41. The van der Waals surface area contributed by atoms with Gasteiger partial charge in [0.1, 0.15) is 18.8 Å². The Morgan fingerprint density at radius 2 is 2.00 bits per heavy atom. The van der Waals surface area contributed by atoms with Gasteiger partial charge in [0.2, 0.25) is 0 Å². The smallest absolute Gasteiger partial charge is 0.340 e. The summed E-state index contributed by atoms with van der Waals surface area (Å²) in [5, 5.41) is 9.03. The van der Waals surface area contributed by atoms with E-state index >= 15 is 0 Å². The molecule has 1 aromatic carbocycles. The van der Waals surface area contributed by atoms with E-state index in [0.29, 0.717) is 17.4 Å². The molecular formula is C10H7BrO5. The average Bonchev–Trinajstić information content (AvgIpc) is 2.27. The molecule has 0 fully saturated rings. The highest BCUT2D eigenvalue weighted by atomic mass is 79.9. The highest BCUT2D eigenvalue weighted by molar-refractivity contribution is 9.10. The minimum Gasteiger partial charge on any atom is -0.485 e. The Bertz CT molecular complexity index is 469. The number of aromatic carboxylic acids is 1. The summed E-state index contributed by atoms with van der Waals surface area (Å²) in [5.74, 6) is -0.830. The maximum Gasteiger partial charge on any atom is 0.340 e. The highest BCUT2D eigenvalue weighted by Gasteiger charge is 2.26. The summed E-state index contributed by atoms with van der Waals surface area (Å²) in [5.41, 5.74) is 0.242. The number of fused-ring (bicyclic) bond motifs is 1. The first-order valence-corrected chi connectivity index (χ1v) is 5.25. The van der Waals surface area contributed by atoms with Crippen LogP contribution in [0.15, 0.2) is 10.5 Å². The third-order valence-electron chi connectivity index (χ3n) is 2.13. The van der Waals surface area contributed by atoms with Crippen molar-refractivity contribution in [3.05, 3.63) is 21.7 Å². The molecule has 0 radical (unpaired) electrons. The molecule has 0 bridgehead atoms. The molecule has 0 saturated carbocycles. The van der Waals surface area contributed by atoms with E-state index in [2.05, 4.69) is 15.9 Å². The molecule has 0 amide bonds. The summed E-state index contributed by atoms with van der Waals surface area (Å²) in [6.45, 7) is 0.566. The number of carboxylic acids is 1. The maximum absolute atomic E-state index is 11.0. The van der Waals surface area contributed by atoms with Gasteiger partial charge in [-0.25, -0.2) is 4.79 Å². The van der Waals surface area contributed by atoms with Gasteiger partial charge in [0.25, 0.3) is 0 Å². The van der Waals surface area contributed by atoms with Crippen molar-refractivity contribution in [2.24, 2.45) is 0 Å². The first-order chi connectivity index (χ1) is 7.65. The van der Waals surface area contributed by atoms with E-state index < -0.39 is 5.97 Å². The second-order valence-corrected chi connectivity index (χ2v) is 3.96. The largest absolute Gasteiger partial charge is 0.485 e. The van der Waals surface area contributed by atoms with Gasteiger partial charge in [-0.3, -0.25) is 4.79 Å². The van der Waals surface area contributed by atoms with Crippen LogP contribution in [0.4, 0.5) is 0 Å². The van der Waals surface area contributed by atoms with Crippen LogP contribution in [-0.2, 0) is 0 Å². The van der Waals surface area contributed by atoms with Crippen molar-refractivity contribution in [3.63, 3.8) is 0 Å². The Labute approximate surface area is 99.1 Å². The standard InChI is InChI=1S/C10H7BrO5/c11-6-3-5(4-12)8-9(7(6)10(13)14)16-2-1-15-8/h3-4H,1-2H2,(H,13,14). The van der Waals surface area contributed by atoms with Gasteiger partial charge in [-0.1, -0.05) is 0 Å². The van der Waals surface area contributed by atoms with Crippen molar-refractivity contribution >= 4 is 28.2 Å². The number of ether oxygens (including phenoxy) is 2. The molecule has 1 aliphatic heterocycles. The first-order valence-electron chi connectivity index (χ1n) is 4.45. The lowest BCUT2D eigenvalue weighted by molar-refractivity contribution is 0.0684. The monoisotopic (exact) mass is 286 g/mol. The highest BCUT2D eigenvalue weighted by Crippen LogP contribution is 2.40. The number of benzene rings is 1. The normalized spacial score (nSPS) is 13.3. The van der Waals surface area contributed by atoms with Crippen molar-refractivity contribution in [3.8, 4) is 11.5 Å². The second kappa shape index (κ2) is 4.13. The summed E-state index contributed by atoms with van der Waals surface area (Å²) in [4.78, 5) is 21.8. The maximum atomic E-state index is 11.0. The number of carboxylic acid groups (broad SMARTS) is 1. The quantitative estimate of drug-likeness (QED) is 0.839. The van der Waals surface area contributed by atoms with Gasteiger partial charge in [0, 0.05) is 4.47 Å². The molecule has 5 nitrogen and oxygen atoms in total. The van der Waals surface area contributed by atoms with Crippen LogP contribution in [0, 0.1) is 0 Å². The SMILES string of the molecule is O=Cc1cc(Br)c(C(=O)O)c2c1OCCO2. The zero-order valence-corrected chi connectivity index (χ0v) is 9.61. The Morgan fingerprint density at radius 1 is 1.38 bits per heavy atom. The third kappa shape index (κ3) is 1.65. The molecule has 0 aliphatic carbocycles. The van der Waals surface area contributed by atoms with E-state index in [1.165, 1.54) is 6.07 Å². The Morgan fingerprint density at radius 3 is 2.56 bits per heavy atom. The van der Waals surface area contributed by atoms with Crippen molar-refractivity contribution in [1.82, 2.24) is 0 Å². The molecule has 0 unspecified atom stereocenters. The number of carbonyl (C=O) groups excluding carboxylic acids is 1. The number of carbonyl (C=O) groups is 2. The Hall–Kier alpha value is -1.56. The molecule has 1 N–H and O–H groups in total. The minimum atomic E-state index is -1.13. The number of aldehydes is 1. The molecule has 1 aliphatic rings. The van der Waals surface area contributed by atoms with Crippen LogP contribution < -0.4 is 9.47 Å². The van der Waals surface area contributed by atoms with E-state index in [9.17, 15) is 9.59 Å². The fraction of sp³-hybridized carbons (Fsp3) is 0.200. The molecule has 1 aromatic rings. The fourth-order valence-electron chi connectivity index (χ4n) is 1.49. The van der Waals surface area contributed by atoms with Crippen LogP contribution >= 0.6 is 15.9 Å². The first kappa shape index (κ1) is 10.9. The molecule has 16 heavy (non-hydrogen) atoms. The van der Waals surface area contributed by atoms with Gasteiger partial charge in [0.05, 0.1) is 5.56 Å². The van der Waals surface area contributed by atoms with Crippen LogP contribution in [0.3, 0.4) is 0 Å². The van der Waals surface area contributed by atoms with Crippen molar-refractivity contribution in [1.29, 1.82) is 0 Å². The zero-order valence-electron chi connectivity index (χ0n) is 8.03. The van der Waals surface area contributed by atoms with Gasteiger partial charge in [-0.15, -0.1) is 0 Å². The van der Waals surface area contributed by atoms with Gasteiger partial charge < -0.3 is 14.6 Å². The lowest BCUT2D eigenvalue weighted by atomic mass is 10.1. The fourth-order valence-corrected chi connectivity index (χ4v) is 2.08.